The fourth-order valence-electron chi connectivity index (χ4n) is 3.17. The minimum atomic E-state index is -3.85. The van der Waals surface area contributed by atoms with Gasteiger partial charge in [-0.25, -0.2) is 8.42 Å². The number of nitrogens with zero attached hydrogens (tertiary/aromatic N) is 2. The van der Waals surface area contributed by atoms with E-state index in [1.807, 2.05) is 44.2 Å². The summed E-state index contributed by atoms with van der Waals surface area (Å²) in [5.74, 6) is -0.179. The van der Waals surface area contributed by atoms with Gasteiger partial charge in [-0.15, -0.1) is 0 Å². The fourth-order valence-corrected chi connectivity index (χ4v) is 4.07. The highest BCUT2D eigenvalue weighted by atomic mass is 32.2. The Morgan fingerprint density at radius 2 is 1.80 bits per heavy atom. The normalized spacial score (nSPS) is 12.4. The molecule has 0 bridgehead atoms. The summed E-state index contributed by atoms with van der Waals surface area (Å²) in [5.41, 5.74) is 1.31. The molecule has 0 spiro atoms. The lowest BCUT2D eigenvalue weighted by atomic mass is 9.97. The van der Waals surface area contributed by atoms with Crippen molar-refractivity contribution in [1.29, 1.82) is 0 Å². The second-order valence-corrected chi connectivity index (χ2v) is 9.56. The van der Waals surface area contributed by atoms with E-state index in [0.717, 1.165) is 16.1 Å². The van der Waals surface area contributed by atoms with E-state index in [1.54, 1.807) is 6.92 Å². The molecule has 0 unspecified atom stereocenters. The number of nitrogens with one attached hydrogen (secondary N) is 1. The number of anilines is 1. The first-order valence-electron chi connectivity index (χ1n) is 9.56. The summed E-state index contributed by atoms with van der Waals surface area (Å²) in [7, 11) is -3.85. The van der Waals surface area contributed by atoms with Crippen LogP contribution in [-0.4, -0.2) is 32.0 Å². The summed E-state index contributed by atoms with van der Waals surface area (Å²) in [6.45, 7) is 5.25. The topological polar surface area (TPSA) is 110 Å². The van der Waals surface area contributed by atoms with Crippen LogP contribution in [-0.2, 0) is 14.8 Å². The van der Waals surface area contributed by atoms with Crippen LogP contribution in [0.4, 0.5) is 11.4 Å². The van der Waals surface area contributed by atoms with Crippen LogP contribution in [0.5, 0.6) is 0 Å². The Hall–Kier alpha value is -2.94. The molecule has 9 heteroatoms. The third kappa shape index (κ3) is 6.28. The molecule has 30 heavy (non-hydrogen) atoms. The molecule has 0 aliphatic carbocycles. The van der Waals surface area contributed by atoms with Crippen molar-refractivity contribution in [3.8, 4) is 0 Å². The van der Waals surface area contributed by atoms with Gasteiger partial charge in [0.15, 0.2) is 0 Å². The maximum absolute atomic E-state index is 12.8. The number of nitro groups is 1. The summed E-state index contributed by atoms with van der Waals surface area (Å²) in [6, 6.07) is 13.1. The van der Waals surface area contributed by atoms with Crippen molar-refractivity contribution in [3.63, 3.8) is 0 Å². The van der Waals surface area contributed by atoms with Gasteiger partial charge in [0.25, 0.3) is 5.69 Å². The minimum Gasteiger partial charge on any atom is -0.348 e. The largest absolute Gasteiger partial charge is 0.348 e. The smallest absolute Gasteiger partial charge is 0.271 e. The van der Waals surface area contributed by atoms with Crippen molar-refractivity contribution in [3.05, 3.63) is 69.8 Å². The zero-order valence-corrected chi connectivity index (χ0v) is 18.3. The molecule has 1 amide bonds. The molecule has 0 saturated heterocycles. The van der Waals surface area contributed by atoms with E-state index in [0.29, 0.717) is 17.9 Å². The second kappa shape index (κ2) is 9.71. The van der Waals surface area contributed by atoms with Gasteiger partial charge in [0.05, 0.1) is 22.9 Å². The second-order valence-electron chi connectivity index (χ2n) is 7.66. The predicted molar refractivity (Wildman–Crippen MR) is 117 cm³/mol. The van der Waals surface area contributed by atoms with Crippen molar-refractivity contribution in [2.24, 2.45) is 5.92 Å². The molecule has 0 radical (unpaired) electrons. The summed E-state index contributed by atoms with van der Waals surface area (Å²) in [5, 5.41) is 14.0. The highest BCUT2D eigenvalue weighted by Crippen LogP contribution is 2.28. The molecule has 0 saturated carbocycles. The van der Waals surface area contributed by atoms with Crippen LogP contribution in [0.2, 0.25) is 0 Å². The Bertz CT molecular complexity index is 1010. The first kappa shape index (κ1) is 23.3. The summed E-state index contributed by atoms with van der Waals surface area (Å²) in [4.78, 5) is 23.3. The summed E-state index contributed by atoms with van der Waals surface area (Å²) in [6.07, 6.45) is 1.66. The van der Waals surface area contributed by atoms with Crippen LogP contribution in [0.15, 0.2) is 48.5 Å². The molecule has 2 aromatic rings. The maximum atomic E-state index is 12.8. The summed E-state index contributed by atoms with van der Waals surface area (Å²) >= 11 is 0. The van der Waals surface area contributed by atoms with Crippen molar-refractivity contribution in [2.45, 2.75) is 33.2 Å². The number of aryl methyl sites for hydroxylation is 1. The lowest BCUT2D eigenvalue weighted by Gasteiger charge is -2.26. The van der Waals surface area contributed by atoms with E-state index in [2.05, 4.69) is 5.32 Å². The first-order chi connectivity index (χ1) is 14.0. The number of nitro benzene ring substituents is 1. The van der Waals surface area contributed by atoms with Crippen molar-refractivity contribution in [2.75, 3.05) is 17.1 Å². The Labute approximate surface area is 177 Å². The minimum absolute atomic E-state index is 0.113. The summed E-state index contributed by atoms with van der Waals surface area (Å²) < 4.78 is 25.7. The molecule has 2 rings (SSSR count). The van der Waals surface area contributed by atoms with Gasteiger partial charge in [-0.2, -0.15) is 0 Å². The Balaban J connectivity index is 2.32. The fraction of sp³-hybridized carbons (Fsp3) is 0.381. The van der Waals surface area contributed by atoms with Gasteiger partial charge in [-0.1, -0.05) is 50.2 Å². The van der Waals surface area contributed by atoms with Crippen LogP contribution in [0.1, 0.15) is 37.4 Å². The molecular weight excluding hydrogens is 406 g/mol. The number of rotatable bonds is 9. The molecule has 8 nitrogen and oxygen atoms in total. The molecule has 0 aliphatic heterocycles. The van der Waals surface area contributed by atoms with Gasteiger partial charge in [-0.05, 0) is 30.4 Å². The molecule has 0 fully saturated rings. The zero-order valence-electron chi connectivity index (χ0n) is 17.5. The van der Waals surface area contributed by atoms with E-state index in [9.17, 15) is 23.3 Å². The predicted octanol–water partition coefficient (Wildman–Crippen LogP) is 3.57. The number of carbonyl (C=O) groups is 1. The number of amides is 1. The Morgan fingerprint density at radius 1 is 1.17 bits per heavy atom. The van der Waals surface area contributed by atoms with Gasteiger partial charge in [0.2, 0.25) is 15.9 Å². The van der Waals surface area contributed by atoms with Crippen molar-refractivity contribution >= 4 is 27.3 Å². The Morgan fingerprint density at radius 3 is 2.33 bits per heavy atom. The van der Waals surface area contributed by atoms with E-state index >= 15 is 0 Å². The molecular formula is C21H27N3O5S. The van der Waals surface area contributed by atoms with E-state index in [1.165, 1.54) is 18.2 Å². The highest BCUT2D eigenvalue weighted by Gasteiger charge is 2.26. The Kier molecular flexibility index (Phi) is 7.55. The number of carbonyl (C=O) groups excluding carboxylic acids is 1. The van der Waals surface area contributed by atoms with Gasteiger partial charge in [0.1, 0.15) is 6.54 Å². The highest BCUT2D eigenvalue weighted by molar-refractivity contribution is 7.92. The average molecular weight is 434 g/mol. The quantitative estimate of drug-likeness (QED) is 0.480. The number of non-ortho nitro benzene ring substituents is 1. The number of sulfonamides is 1. The van der Waals surface area contributed by atoms with Gasteiger partial charge in [-0.3, -0.25) is 19.2 Å². The van der Waals surface area contributed by atoms with Crippen LogP contribution in [0.3, 0.4) is 0 Å². The van der Waals surface area contributed by atoms with Crippen LogP contribution in [0.25, 0.3) is 0 Å². The van der Waals surface area contributed by atoms with Gasteiger partial charge >= 0.3 is 0 Å². The molecule has 0 heterocycles. The van der Waals surface area contributed by atoms with Crippen molar-refractivity contribution < 1.29 is 18.1 Å². The van der Waals surface area contributed by atoms with E-state index in [-0.39, 0.29) is 17.4 Å². The molecule has 162 valence electrons. The van der Waals surface area contributed by atoms with Crippen LogP contribution in [0, 0.1) is 23.0 Å². The molecule has 0 aliphatic rings. The number of hydrogen-bond donors (Lipinski definition) is 1. The third-order valence-corrected chi connectivity index (χ3v) is 5.73. The van der Waals surface area contributed by atoms with Gasteiger partial charge in [0, 0.05) is 12.1 Å². The third-order valence-electron chi connectivity index (χ3n) is 4.60. The SMILES string of the molecule is Cc1ccc([N+](=O)[O-])cc1N(CC(=O)N[C@H](CC(C)C)c1ccccc1)S(C)(=O)=O. The zero-order chi connectivity index (χ0) is 22.5. The first-order valence-corrected chi connectivity index (χ1v) is 11.4. The molecule has 0 aromatic heterocycles. The van der Waals surface area contributed by atoms with E-state index in [4.69, 9.17) is 0 Å². The van der Waals surface area contributed by atoms with Gasteiger partial charge < -0.3 is 5.32 Å². The molecule has 1 N–H and O–H groups in total. The maximum Gasteiger partial charge on any atom is 0.271 e. The van der Waals surface area contributed by atoms with Crippen LogP contribution < -0.4 is 9.62 Å². The number of benzene rings is 2. The lowest BCUT2D eigenvalue weighted by molar-refractivity contribution is -0.384. The number of hydrogen-bond acceptors (Lipinski definition) is 5. The van der Waals surface area contributed by atoms with Crippen LogP contribution >= 0.6 is 0 Å². The standard InChI is InChI=1S/C21H27N3O5S/c1-15(2)12-19(17-8-6-5-7-9-17)22-21(25)14-23(30(4,28)29)20-13-18(24(26)27)11-10-16(20)3/h5-11,13,15,19H,12,14H2,1-4H3,(H,22,25)/t19-/m1/s1. The average Bonchev–Trinajstić information content (AvgIpc) is 2.65. The monoisotopic (exact) mass is 433 g/mol. The lowest BCUT2D eigenvalue weighted by Crippen LogP contribution is -2.42. The van der Waals surface area contributed by atoms with E-state index < -0.39 is 27.4 Å². The molecule has 1 atom stereocenters. The van der Waals surface area contributed by atoms with Crippen molar-refractivity contribution in [1.82, 2.24) is 5.32 Å². The molecule has 2 aromatic carbocycles.